The van der Waals surface area contributed by atoms with E-state index in [4.69, 9.17) is 15.5 Å². The Kier molecular flexibility index (Phi) is 8.77. The van der Waals surface area contributed by atoms with Gasteiger partial charge in [0.25, 0.3) is 0 Å². The molecule has 0 fully saturated rings. The van der Waals surface area contributed by atoms with Crippen molar-refractivity contribution < 1.29 is 9.78 Å². The first-order valence-corrected chi connectivity index (χ1v) is 3.86. The number of hydrogen-bond acceptors (Lipinski definition) is 3. The van der Waals surface area contributed by atoms with Crippen molar-refractivity contribution in [2.45, 2.75) is 26.2 Å². The van der Waals surface area contributed by atoms with Crippen molar-refractivity contribution in [2.75, 3.05) is 19.8 Å². The second-order valence-electron chi connectivity index (χ2n) is 2.14. The molecule has 0 radical (unpaired) electrons. The summed E-state index contributed by atoms with van der Waals surface area (Å²) < 4.78 is 0. The van der Waals surface area contributed by atoms with Gasteiger partial charge in [-0.05, 0) is 19.4 Å². The minimum atomic E-state index is 0.611. The van der Waals surface area contributed by atoms with Gasteiger partial charge in [-0.2, -0.15) is 0 Å². The van der Waals surface area contributed by atoms with Gasteiger partial charge in [-0.1, -0.05) is 13.3 Å². The number of rotatable bonds is 7. The quantitative estimate of drug-likeness (QED) is 0.333. The monoisotopic (exact) mass is 147 g/mol. The molecular formula is C7H17NO2. The molecule has 3 nitrogen and oxygen atoms in total. The van der Waals surface area contributed by atoms with Gasteiger partial charge in [0.2, 0.25) is 0 Å². The summed E-state index contributed by atoms with van der Waals surface area (Å²) in [6.07, 6.45) is 3.06. The standard InChI is InChI=1S/C7H17NO2/c1-2-3-6-9-10-7-4-5-8/h2-8H2,1H3. The summed E-state index contributed by atoms with van der Waals surface area (Å²) in [5, 5.41) is 0. The lowest BCUT2D eigenvalue weighted by Crippen LogP contribution is -2.05. The highest BCUT2D eigenvalue weighted by molar-refractivity contribution is 4.31. The van der Waals surface area contributed by atoms with Crippen molar-refractivity contribution >= 4 is 0 Å². The molecule has 0 aromatic heterocycles. The first kappa shape index (κ1) is 9.88. The zero-order chi connectivity index (χ0) is 7.66. The van der Waals surface area contributed by atoms with Crippen LogP contribution in [0.25, 0.3) is 0 Å². The highest BCUT2D eigenvalue weighted by atomic mass is 17.2. The molecule has 0 bridgehead atoms. The Labute approximate surface area is 62.4 Å². The second-order valence-corrected chi connectivity index (χ2v) is 2.14. The summed E-state index contributed by atoms with van der Waals surface area (Å²) in [4.78, 5) is 9.62. The second kappa shape index (κ2) is 8.88. The summed E-state index contributed by atoms with van der Waals surface area (Å²) >= 11 is 0. The third-order valence-electron chi connectivity index (χ3n) is 1.10. The van der Waals surface area contributed by atoms with Crippen LogP contribution in [0, 0.1) is 0 Å². The Bertz CT molecular complexity index is 51.6. The van der Waals surface area contributed by atoms with Crippen LogP contribution >= 0.6 is 0 Å². The fourth-order valence-electron chi connectivity index (χ4n) is 0.463. The van der Waals surface area contributed by atoms with Crippen molar-refractivity contribution in [1.82, 2.24) is 0 Å². The van der Waals surface area contributed by atoms with E-state index in [2.05, 4.69) is 6.92 Å². The molecule has 0 aliphatic heterocycles. The molecule has 0 rings (SSSR count). The lowest BCUT2D eigenvalue weighted by molar-refractivity contribution is -0.294. The Morgan fingerprint density at radius 3 is 2.20 bits per heavy atom. The average Bonchev–Trinajstić information content (AvgIpc) is 1.97. The molecule has 0 unspecified atom stereocenters. The molecular weight excluding hydrogens is 130 g/mol. The zero-order valence-electron chi connectivity index (χ0n) is 6.64. The van der Waals surface area contributed by atoms with E-state index in [1.54, 1.807) is 0 Å². The Morgan fingerprint density at radius 1 is 1.10 bits per heavy atom. The molecule has 0 aliphatic rings. The smallest absolute Gasteiger partial charge is 0.0834 e. The SMILES string of the molecule is CCCCOOCCCN. The molecule has 0 saturated carbocycles. The summed E-state index contributed by atoms with van der Waals surface area (Å²) in [6, 6.07) is 0. The van der Waals surface area contributed by atoms with Crippen LogP contribution in [-0.4, -0.2) is 19.8 Å². The van der Waals surface area contributed by atoms with Crippen molar-refractivity contribution in [3.8, 4) is 0 Å². The lowest BCUT2D eigenvalue weighted by Gasteiger charge is -2.00. The van der Waals surface area contributed by atoms with Crippen LogP contribution in [0.4, 0.5) is 0 Å². The van der Waals surface area contributed by atoms with E-state index in [9.17, 15) is 0 Å². The summed E-state index contributed by atoms with van der Waals surface area (Å²) in [5.74, 6) is 0. The molecule has 2 N–H and O–H groups in total. The van der Waals surface area contributed by atoms with Crippen LogP contribution in [0.1, 0.15) is 26.2 Å². The van der Waals surface area contributed by atoms with E-state index in [1.165, 1.54) is 0 Å². The van der Waals surface area contributed by atoms with Gasteiger partial charge in [-0.25, -0.2) is 9.78 Å². The topological polar surface area (TPSA) is 44.5 Å². The maximum absolute atomic E-state index is 5.23. The summed E-state index contributed by atoms with van der Waals surface area (Å²) in [6.45, 7) is 4.08. The number of nitrogens with two attached hydrogens (primary N) is 1. The molecule has 0 aliphatic carbocycles. The predicted octanol–water partition coefficient (Wildman–Crippen LogP) is 1.08. The molecule has 0 heterocycles. The van der Waals surface area contributed by atoms with E-state index in [-0.39, 0.29) is 0 Å². The minimum Gasteiger partial charge on any atom is -0.330 e. The third-order valence-corrected chi connectivity index (χ3v) is 1.10. The number of hydrogen-bond donors (Lipinski definition) is 1. The minimum absolute atomic E-state index is 0.611. The predicted molar refractivity (Wildman–Crippen MR) is 40.5 cm³/mol. The fraction of sp³-hybridized carbons (Fsp3) is 1.00. The van der Waals surface area contributed by atoms with Crippen molar-refractivity contribution in [2.24, 2.45) is 5.73 Å². The Hall–Kier alpha value is -0.120. The van der Waals surface area contributed by atoms with Crippen LogP contribution in [0.15, 0.2) is 0 Å². The molecule has 0 amide bonds. The van der Waals surface area contributed by atoms with Crippen LogP contribution in [0.3, 0.4) is 0 Å². The summed E-state index contributed by atoms with van der Waals surface area (Å²) in [5.41, 5.74) is 5.23. The van der Waals surface area contributed by atoms with E-state index in [0.717, 1.165) is 19.3 Å². The van der Waals surface area contributed by atoms with Gasteiger partial charge in [0.05, 0.1) is 13.2 Å². The van der Waals surface area contributed by atoms with E-state index >= 15 is 0 Å². The fourth-order valence-corrected chi connectivity index (χ4v) is 0.463. The molecule has 62 valence electrons. The number of unbranched alkanes of at least 4 members (excludes halogenated alkanes) is 1. The molecule has 0 aromatic carbocycles. The Morgan fingerprint density at radius 2 is 1.70 bits per heavy atom. The van der Waals surface area contributed by atoms with E-state index < -0.39 is 0 Å². The highest BCUT2D eigenvalue weighted by Gasteiger charge is 1.86. The maximum atomic E-state index is 5.23. The van der Waals surface area contributed by atoms with E-state index in [1.807, 2.05) is 0 Å². The molecule has 0 spiro atoms. The molecule has 10 heavy (non-hydrogen) atoms. The molecule has 0 aromatic rings. The van der Waals surface area contributed by atoms with Gasteiger partial charge in [0, 0.05) is 0 Å². The van der Waals surface area contributed by atoms with Crippen molar-refractivity contribution in [3.05, 3.63) is 0 Å². The molecule has 0 saturated heterocycles. The van der Waals surface area contributed by atoms with E-state index in [0.29, 0.717) is 19.8 Å². The zero-order valence-corrected chi connectivity index (χ0v) is 6.64. The van der Waals surface area contributed by atoms with Crippen molar-refractivity contribution in [1.29, 1.82) is 0 Å². The van der Waals surface area contributed by atoms with Gasteiger partial charge in [0.15, 0.2) is 0 Å². The van der Waals surface area contributed by atoms with Gasteiger partial charge in [-0.3, -0.25) is 0 Å². The van der Waals surface area contributed by atoms with Gasteiger partial charge >= 0.3 is 0 Å². The van der Waals surface area contributed by atoms with Gasteiger partial charge in [0.1, 0.15) is 0 Å². The van der Waals surface area contributed by atoms with Crippen LogP contribution < -0.4 is 5.73 Å². The van der Waals surface area contributed by atoms with Crippen LogP contribution in [-0.2, 0) is 9.78 Å². The van der Waals surface area contributed by atoms with Gasteiger partial charge < -0.3 is 5.73 Å². The average molecular weight is 147 g/mol. The first-order valence-electron chi connectivity index (χ1n) is 3.86. The lowest BCUT2D eigenvalue weighted by atomic mass is 10.4. The molecule has 3 heteroatoms. The van der Waals surface area contributed by atoms with Crippen molar-refractivity contribution in [3.63, 3.8) is 0 Å². The highest BCUT2D eigenvalue weighted by Crippen LogP contribution is 1.89. The van der Waals surface area contributed by atoms with Crippen LogP contribution in [0.2, 0.25) is 0 Å². The summed E-state index contributed by atoms with van der Waals surface area (Å²) in [7, 11) is 0. The normalized spacial score (nSPS) is 10.2. The molecule has 0 atom stereocenters. The maximum Gasteiger partial charge on any atom is 0.0834 e. The van der Waals surface area contributed by atoms with Gasteiger partial charge in [-0.15, -0.1) is 0 Å². The van der Waals surface area contributed by atoms with Crippen LogP contribution in [0.5, 0.6) is 0 Å². The largest absolute Gasteiger partial charge is 0.330 e. The Balaban J connectivity index is 2.65. The first-order chi connectivity index (χ1) is 4.91. The third kappa shape index (κ3) is 7.88.